The van der Waals surface area contributed by atoms with Crippen LogP contribution in [0.15, 0.2) is 18.2 Å². The number of piperidine rings is 1. The van der Waals surface area contributed by atoms with E-state index in [2.05, 4.69) is 6.07 Å². The summed E-state index contributed by atoms with van der Waals surface area (Å²) >= 11 is 0. The van der Waals surface area contributed by atoms with E-state index in [0.29, 0.717) is 29.1 Å². The second-order valence-corrected chi connectivity index (χ2v) is 8.03. The summed E-state index contributed by atoms with van der Waals surface area (Å²) in [5.74, 6) is 0.909. The van der Waals surface area contributed by atoms with Crippen molar-refractivity contribution < 1.29 is 19.0 Å². The highest BCUT2D eigenvalue weighted by Gasteiger charge is 2.61. The molecule has 3 aliphatic rings. The third-order valence-corrected chi connectivity index (χ3v) is 5.98. The first-order chi connectivity index (χ1) is 12.4. The van der Waals surface area contributed by atoms with Crippen molar-refractivity contribution in [3.05, 3.63) is 24.0 Å². The maximum atomic E-state index is 14.7. The molecular formula is C19H22FN3O3. The number of halogens is 1. The summed E-state index contributed by atoms with van der Waals surface area (Å²) in [4.78, 5) is 15.2. The molecule has 1 N–H and O–H groups in total. The molecule has 2 heterocycles. The molecule has 7 heteroatoms. The van der Waals surface area contributed by atoms with E-state index in [0.717, 1.165) is 13.1 Å². The molecule has 4 atom stereocenters. The van der Waals surface area contributed by atoms with Gasteiger partial charge in [0.1, 0.15) is 11.9 Å². The van der Waals surface area contributed by atoms with Gasteiger partial charge in [-0.15, -0.1) is 0 Å². The van der Waals surface area contributed by atoms with Gasteiger partial charge in [0.15, 0.2) is 0 Å². The summed E-state index contributed by atoms with van der Waals surface area (Å²) in [5, 5.41) is 18.4. The van der Waals surface area contributed by atoms with Crippen molar-refractivity contribution >= 4 is 17.5 Å². The van der Waals surface area contributed by atoms with Gasteiger partial charge in [-0.3, -0.25) is 4.90 Å². The first-order valence-corrected chi connectivity index (χ1v) is 8.90. The van der Waals surface area contributed by atoms with Gasteiger partial charge in [-0.1, -0.05) is 0 Å². The molecular weight excluding hydrogens is 337 g/mol. The number of nitrogens with zero attached hydrogens (tertiary/aromatic N) is 3. The van der Waals surface area contributed by atoms with E-state index < -0.39 is 12.2 Å². The van der Waals surface area contributed by atoms with Crippen molar-refractivity contribution in [2.24, 2.45) is 23.2 Å². The fourth-order valence-corrected chi connectivity index (χ4v) is 4.62. The van der Waals surface area contributed by atoms with Gasteiger partial charge in [0, 0.05) is 13.1 Å². The standard InChI is InChI=1S/C19H22FN3O3/c1-19(2,10-21)17-13-7-22(8-14(13)17)16-4-3-11(5-15(16)20)23-6-12(9-24)26-18(23)25/h3-5,12-14,17,24H,6-9H2,1-2H3/t12-,13-,14+,17?/m1/s1. The zero-order valence-corrected chi connectivity index (χ0v) is 14.9. The number of hydrogen-bond donors (Lipinski definition) is 1. The van der Waals surface area contributed by atoms with E-state index in [1.165, 1.54) is 11.0 Å². The van der Waals surface area contributed by atoms with Crippen molar-refractivity contribution in [1.82, 2.24) is 0 Å². The van der Waals surface area contributed by atoms with E-state index in [1.54, 1.807) is 12.1 Å². The number of amides is 1. The number of ether oxygens (including phenoxy) is 1. The van der Waals surface area contributed by atoms with Gasteiger partial charge < -0.3 is 14.7 Å². The maximum Gasteiger partial charge on any atom is 0.414 e. The van der Waals surface area contributed by atoms with Crippen LogP contribution in [0.1, 0.15) is 13.8 Å². The lowest BCUT2D eigenvalue weighted by Gasteiger charge is -2.26. The fourth-order valence-electron chi connectivity index (χ4n) is 4.62. The number of fused-ring (bicyclic) bond motifs is 1. The minimum atomic E-state index is -0.573. The molecule has 1 amide bonds. The van der Waals surface area contributed by atoms with Crippen LogP contribution in [-0.4, -0.2) is 43.5 Å². The van der Waals surface area contributed by atoms with Crippen LogP contribution >= 0.6 is 0 Å². The highest BCUT2D eigenvalue weighted by molar-refractivity contribution is 5.90. The number of anilines is 2. The number of hydrogen-bond acceptors (Lipinski definition) is 5. The van der Waals surface area contributed by atoms with E-state index in [9.17, 15) is 14.4 Å². The molecule has 138 valence electrons. The van der Waals surface area contributed by atoms with Crippen LogP contribution < -0.4 is 9.80 Å². The second kappa shape index (κ2) is 5.85. The Balaban J connectivity index is 1.46. The minimum absolute atomic E-state index is 0.215. The summed E-state index contributed by atoms with van der Waals surface area (Å²) in [6.07, 6.45) is -1.14. The summed E-state index contributed by atoms with van der Waals surface area (Å²) in [6.45, 7) is 5.44. The fraction of sp³-hybridized carbons (Fsp3) is 0.579. The molecule has 6 nitrogen and oxygen atoms in total. The second-order valence-electron chi connectivity index (χ2n) is 8.03. The molecule has 1 saturated carbocycles. The van der Waals surface area contributed by atoms with Crippen LogP contribution in [0.25, 0.3) is 0 Å². The monoisotopic (exact) mass is 359 g/mol. The summed E-state index contributed by atoms with van der Waals surface area (Å²) < 4.78 is 19.7. The van der Waals surface area contributed by atoms with Crippen LogP contribution in [0.5, 0.6) is 0 Å². The Bertz CT molecular complexity index is 779. The van der Waals surface area contributed by atoms with Gasteiger partial charge in [-0.2, -0.15) is 5.26 Å². The number of aliphatic hydroxyl groups is 1. The third-order valence-electron chi connectivity index (χ3n) is 5.98. The van der Waals surface area contributed by atoms with Crippen LogP contribution in [0, 0.1) is 40.3 Å². The Morgan fingerprint density at radius 1 is 1.35 bits per heavy atom. The summed E-state index contributed by atoms with van der Waals surface area (Å²) in [5.41, 5.74) is 0.629. The molecule has 1 aromatic rings. The normalized spacial score (nSPS) is 30.2. The number of aliphatic hydroxyl groups excluding tert-OH is 1. The summed E-state index contributed by atoms with van der Waals surface area (Å²) in [6, 6.07) is 7.14. The average molecular weight is 359 g/mol. The first kappa shape index (κ1) is 17.1. The Morgan fingerprint density at radius 2 is 2.04 bits per heavy atom. The van der Waals surface area contributed by atoms with Crippen molar-refractivity contribution in [3.8, 4) is 6.07 Å². The summed E-state index contributed by atoms with van der Waals surface area (Å²) in [7, 11) is 0. The zero-order valence-electron chi connectivity index (χ0n) is 14.9. The Hall–Kier alpha value is -2.33. The van der Waals surface area contributed by atoms with Gasteiger partial charge in [0.25, 0.3) is 0 Å². The highest BCUT2D eigenvalue weighted by Crippen LogP contribution is 2.60. The number of carbonyl (C=O) groups is 1. The van der Waals surface area contributed by atoms with Crippen molar-refractivity contribution in [1.29, 1.82) is 5.26 Å². The molecule has 2 aliphatic heterocycles. The molecule has 1 aromatic carbocycles. The van der Waals surface area contributed by atoms with Crippen molar-refractivity contribution in [2.45, 2.75) is 20.0 Å². The number of carbonyl (C=O) groups excluding carboxylic acids is 1. The van der Waals surface area contributed by atoms with Crippen LogP contribution in [0.4, 0.5) is 20.6 Å². The van der Waals surface area contributed by atoms with Crippen LogP contribution in [0.3, 0.4) is 0 Å². The number of nitriles is 1. The molecule has 1 unspecified atom stereocenters. The van der Waals surface area contributed by atoms with Crippen LogP contribution in [-0.2, 0) is 4.74 Å². The predicted molar refractivity (Wildman–Crippen MR) is 93.2 cm³/mol. The molecule has 0 spiro atoms. The lowest BCUT2D eigenvalue weighted by molar-refractivity contribution is 0.0963. The quantitative estimate of drug-likeness (QED) is 0.893. The Kier molecular flexibility index (Phi) is 3.85. The molecule has 1 aliphatic carbocycles. The molecule has 3 fully saturated rings. The first-order valence-electron chi connectivity index (χ1n) is 8.90. The van der Waals surface area contributed by atoms with Gasteiger partial charge in [0.05, 0.1) is 36.0 Å². The molecule has 4 rings (SSSR count). The van der Waals surface area contributed by atoms with Gasteiger partial charge in [-0.25, -0.2) is 9.18 Å². The predicted octanol–water partition coefficient (Wildman–Crippen LogP) is 2.38. The topological polar surface area (TPSA) is 76.8 Å². The van der Waals surface area contributed by atoms with E-state index in [4.69, 9.17) is 9.84 Å². The molecule has 26 heavy (non-hydrogen) atoms. The van der Waals surface area contributed by atoms with Gasteiger partial charge >= 0.3 is 6.09 Å². The van der Waals surface area contributed by atoms with E-state index in [-0.39, 0.29) is 24.4 Å². The van der Waals surface area contributed by atoms with Crippen molar-refractivity contribution in [3.63, 3.8) is 0 Å². The highest BCUT2D eigenvalue weighted by atomic mass is 19.1. The lowest BCUT2D eigenvalue weighted by Crippen LogP contribution is -2.29. The smallest absolute Gasteiger partial charge is 0.414 e. The van der Waals surface area contributed by atoms with E-state index >= 15 is 0 Å². The molecule has 0 radical (unpaired) electrons. The number of benzene rings is 1. The third kappa shape index (κ3) is 2.60. The molecule has 0 aromatic heterocycles. The molecule has 0 bridgehead atoms. The molecule has 2 saturated heterocycles. The Morgan fingerprint density at radius 3 is 2.58 bits per heavy atom. The SMILES string of the molecule is CC(C)(C#N)C1[C@H]2CN(c3ccc(N4C[C@H](CO)OC4=O)cc3F)C[C@@H]12. The van der Waals surface area contributed by atoms with Gasteiger partial charge in [0.2, 0.25) is 0 Å². The number of cyclic esters (lactones) is 1. The largest absolute Gasteiger partial charge is 0.441 e. The average Bonchev–Trinajstić information content (AvgIpc) is 2.96. The van der Waals surface area contributed by atoms with Crippen LogP contribution in [0.2, 0.25) is 0 Å². The lowest BCUT2D eigenvalue weighted by atomic mass is 9.86. The Labute approximate surface area is 151 Å². The maximum absolute atomic E-state index is 14.7. The van der Waals surface area contributed by atoms with E-state index in [1.807, 2.05) is 18.7 Å². The number of rotatable bonds is 4. The zero-order chi connectivity index (χ0) is 18.6. The minimum Gasteiger partial charge on any atom is -0.441 e. The van der Waals surface area contributed by atoms with Gasteiger partial charge in [-0.05, 0) is 49.8 Å². The van der Waals surface area contributed by atoms with Crippen molar-refractivity contribution in [2.75, 3.05) is 36.0 Å².